The molecule has 0 fully saturated rings. The summed E-state index contributed by atoms with van der Waals surface area (Å²) in [7, 11) is -3.72. The molecule has 0 unspecified atom stereocenters. The van der Waals surface area contributed by atoms with E-state index < -0.39 is 10.0 Å². The van der Waals surface area contributed by atoms with Gasteiger partial charge in [-0.15, -0.1) is 11.8 Å². The van der Waals surface area contributed by atoms with Crippen LogP contribution in [0.25, 0.3) is 11.1 Å². The Bertz CT molecular complexity index is 1170. The first-order valence-electron chi connectivity index (χ1n) is 8.40. The first-order chi connectivity index (χ1) is 13.5. The standard InChI is InChI=1S/C20H14ClN3O2S2/c21-16-5-7-17(8-6-16)28(25,26)24-9-10-27-20-18(12-23-13-19(20)24)15-3-1-14(11-22)2-4-15/h1-8,12-13H,9-10H2. The molecule has 2 aromatic carbocycles. The summed E-state index contributed by atoms with van der Waals surface area (Å²) in [4.78, 5) is 5.34. The van der Waals surface area contributed by atoms with Gasteiger partial charge in [0, 0.05) is 34.0 Å². The van der Waals surface area contributed by atoms with Crippen molar-refractivity contribution in [2.24, 2.45) is 0 Å². The van der Waals surface area contributed by atoms with Crippen molar-refractivity contribution in [1.82, 2.24) is 4.98 Å². The number of hydrogen-bond donors (Lipinski definition) is 0. The van der Waals surface area contributed by atoms with E-state index in [-0.39, 0.29) is 4.90 Å². The van der Waals surface area contributed by atoms with Crippen molar-refractivity contribution in [3.05, 3.63) is 71.5 Å². The number of rotatable bonds is 3. The van der Waals surface area contributed by atoms with Crippen LogP contribution in [-0.4, -0.2) is 25.7 Å². The Hall–Kier alpha value is -2.53. The summed E-state index contributed by atoms with van der Waals surface area (Å²) < 4.78 is 27.8. The molecular formula is C20H14ClN3O2S2. The fourth-order valence-electron chi connectivity index (χ4n) is 3.03. The van der Waals surface area contributed by atoms with Crippen molar-refractivity contribution in [3.63, 3.8) is 0 Å². The zero-order valence-corrected chi connectivity index (χ0v) is 16.9. The van der Waals surface area contributed by atoms with Gasteiger partial charge in [-0.25, -0.2) is 8.42 Å². The predicted molar refractivity (Wildman–Crippen MR) is 111 cm³/mol. The third kappa shape index (κ3) is 3.35. The summed E-state index contributed by atoms with van der Waals surface area (Å²) in [6, 6.07) is 15.4. The number of aromatic nitrogens is 1. The molecule has 0 saturated heterocycles. The zero-order valence-electron chi connectivity index (χ0n) is 14.5. The van der Waals surface area contributed by atoms with E-state index in [2.05, 4.69) is 11.1 Å². The topological polar surface area (TPSA) is 74.1 Å². The minimum atomic E-state index is -3.72. The van der Waals surface area contributed by atoms with Gasteiger partial charge in [0.05, 0.1) is 28.4 Å². The van der Waals surface area contributed by atoms with Gasteiger partial charge in [-0.3, -0.25) is 9.29 Å². The third-order valence-corrected chi connectivity index (χ3v) is 7.60. The normalized spacial score (nSPS) is 13.6. The molecule has 4 rings (SSSR count). The molecule has 3 aromatic rings. The smallest absolute Gasteiger partial charge is 0.263 e. The Balaban J connectivity index is 1.80. The number of benzene rings is 2. The average Bonchev–Trinajstić information content (AvgIpc) is 2.73. The molecule has 0 atom stereocenters. The van der Waals surface area contributed by atoms with Crippen molar-refractivity contribution < 1.29 is 8.42 Å². The minimum absolute atomic E-state index is 0.193. The maximum absolute atomic E-state index is 13.2. The summed E-state index contributed by atoms with van der Waals surface area (Å²) in [5.41, 5.74) is 2.87. The van der Waals surface area contributed by atoms with E-state index in [1.54, 1.807) is 48.4 Å². The Labute approximate surface area is 172 Å². The second-order valence-electron chi connectivity index (χ2n) is 6.10. The molecule has 0 radical (unpaired) electrons. The van der Waals surface area contributed by atoms with Crippen LogP contribution in [0, 0.1) is 11.3 Å². The number of nitriles is 1. The van der Waals surface area contributed by atoms with E-state index in [4.69, 9.17) is 16.9 Å². The van der Waals surface area contributed by atoms with Crippen molar-refractivity contribution in [2.45, 2.75) is 9.79 Å². The van der Waals surface area contributed by atoms with E-state index in [1.165, 1.54) is 16.4 Å². The second kappa shape index (κ2) is 7.47. The lowest BCUT2D eigenvalue weighted by Gasteiger charge is -2.30. The molecule has 140 valence electrons. The Morgan fingerprint density at radius 2 is 1.79 bits per heavy atom. The van der Waals surface area contributed by atoms with E-state index in [1.807, 2.05) is 12.1 Å². The van der Waals surface area contributed by atoms with Crippen LogP contribution >= 0.6 is 23.4 Å². The van der Waals surface area contributed by atoms with E-state index >= 15 is 0 Å². The maximum atomic E-state index is 13.2. The monoisotopic (exact) mass is 427 g/mol. The number of nitrogens with zero attached hydrogens (tertiary/aromatic N) is 3. The largest absolute Gasteiger partial charge is 0.264 e. The number of halogens is 1. The predicted octanol–water partition coefficient (Wildman–Crippen LogP) is 4.57. The summed E-state index contributed by atoms with van der Waals surface area (Å²) in [5.74, 6) is 0.632. The van der Waals surface area contributed by atoms with Crippen LogP contribution < -0.4 is 4.31 Å². The Kier molecular flexibility index (Phi) is 5.02. The van der Waals surface area contributed by atoms with Crippen molar-refractivity contribution in [2.75, 3.05) is 16.6 Å². The molecule has 0 saturated carbocycles. The van der Waals surface area contributed by atoms with E-state index in [0.717, 1.165) is 16.0 Å². The molecule has 28 heavy (non-hydrogen) atoms. The van der Waals surface area contributed by atoms with Gasteiger partial charge in [0.2, 0.25) is 0 Å². The minimum Gasteiger partial charge on any atom is -0.263 e. The average molecular weight is 428 g/mol. The molecule has 8 heteroatoms. The Morgan fingerprint density at radius 1 is 1.07 bits per heavy atom. The lowest BCUT2D eigenvalue weighted by molar-refractivity contribution is 0.591. The highest BCUT2D eigenvalue weighted by atomic mass is 35.5. The lowest BCUT2D eigenvalue weighted by Crippen LogP contribution is -2.35. The van der Waals surface area contributed by atoms with Crippen LogP contribution in [-0.2, 0) is 10.0 Å². The van der Waals surface area contributed by atoms with Crippen LogP contribution in [0.15, 0.2) is 70.7 Å². The molecule has 0 spiro atoms. The highest BCUT2D eigenvalue weighted by molar-refractivity contribution is 8.00. The molecule has 0 bridgehead atoms. The van der Waals surface area contributed by atoms with Crippen LogP contribution in [0.4, 0.5) is 5.69 Å². The lowest BCUT2D eigenvalue weighted by atomic mass is 10.1. The summed E-state index contributed by atoms with van der Waals surface area (Å²) in [6.07, 6.45) is 3.31. The Morgan fingerprint density at radius 3 is 2.46 bits per heavy atom. The molecule has 1 aliphatic heterocycles. The number of pyridine rings is 1. The van der Waals surface area contributed by atoms with Crippen LogP contribution in [0.3, 0.4) is 0 Å². The summed E-state index contributed by atoms with van der Waals surface area (Å²) >= 11 is 7.50. The summed E-state index contributed by atoms with van der Waals surface area (Å²) in [5, 5.41) is 9.48. The van der Waals surface area contributed by atoms with Crippen molar-refractivity contribution in [3.8, 4) is 17.2 Å². The fraction of sp³-hybridized carbons (Fsp3) is 0.100. The van der Waals surface area contributed by atoms with Crippen LogP contribution in [0.1, 0.15) is 5.56 Å². The molecular weight excluding hydrogens is 414 g/mol. The van der Waals surface area contributed by atoms with Crippen LogP contribution in [0.5, 0.6) is 0 Å². The van der Waals surface area contributed by atoms with Gasteiger partial charge in [0.1, 0.15) is 0 Å². The maximum Gasteiger partial charge on any atom is 0.264 e. The number of thioether (sulfide) groups is 1. The molecule has 0 N–H and O–H groups in total. The second-order valence-corrected chi connectivity index (χ2v) is 9.51. The first-order valence-corrected chi connectivity index (χ1v) is 11.2. The van der Waals surface area contributed by atoms with Gasteiger partial charge >= 0.3 is 0 Å². The third-order valence-electron chi connectivity index (χ3n) is 4.41. The van der Waals surface area contributed by atoms with Gasteiger partial charge in [-0.05, 0) is 42.0 Å². The number of sulfonamides is 1. The molecule has 0 aliphatic carbocycles. The SMILES string of the molecule is N#Cc1ccc(-c2cncc3c2SCCN3S(=O)(=O)c2ccc(Cl)cc2)cc1. The van der Waals surface area contributed by atoms with Gasteiger partial charge < -0.3 is 0 Å². The van der Waals surface area contributed by atoms with Gasteiger partial charge in [-0.1, -0.05) is 23.7 Å². The van der Waals surface area contributed by atoms with Crippen molar-refractivity contribution in [1.29, 1.82) is 5.26 Å². The fourth-order valence-corrected chi connectivity index (χ4v) is 5.91. The van der Waals surface area contributed by atoms with E-state index in [0.29, 0.717) is 28.6 Å². The van der Waals surface area contributed by atoms with Gasteiger partial charge in [0.25, 0.3) is 10.0 Å². The van der Waals surface area contributed by atoms with Gasteiger partial charge in [-0.2, -0.15) is 5.26 Å². The van der Waals surface area contributed by atoms with Crippen molar-refractivity contribution >= 4 is 39.1 Å². The molecule has 5 nitrogen and oxygen atoms in total. The molecule has 0 amide bonds. The van der Waals surface area contributed by atoms with E-state index in [9.17, 15) is 8.42 Å². The molecule has 1 aromatic heterocycles. The number of anilines is 1. The highest BCUT2D eigenvalue weighted by Gasteiger charge is 2.31. The summed E-state index contributed by atoms with van der Waals surface area (Å²) in [6.45, 7) is 0.362. The number of fused-ring (bicyclic) bond motifs is 1. The molecule has 2 heterocycles. The van der Waals surface area contributed by atoms with Gasteiger partial charge in [0.15, 0.2) is 0 Å². The zero-order chi connectivity index (χ0) is 19.7. The number of hydrogen-bond acceptors (Lipinski definition) is 5. The quantitative estimate of drug-likeness (QED) is 0.611. The first kappa shape index (κ1) is 18.8. The highest BCUT2D eigenvalue weighted by Crippen LogP contribution is 2.43. The van der Waals surface area contributed by atoms with Crippen LogP contribution in [0.2, 0.25) is 5.02 Å². The molecule has 1 aliphatic rings.